The summed E-state index contributed by atoms with van der Waals surface area (Å²) in [5.41, 5.74) is 2.69. The van der Waals surface area contributed by atoms with Crippen molar-refractivity contribution in [1.82, 2.24) is 9.97 Å². The molecule has 2 aromatic carbocycles. The molecule has 0 saturated carbocycles. The van der Waals surface area contributed by atoms with Crippen molar-refractivity contribution in [3.8, 4) is 5.75 Å². The Morgan fingerprint density at radius 1 is 1.25 bits per heavy atom. The summed E-state index contributed by atoms with van der Waals surface area (Å²) in [5, 5.41) is 14.5. The van der Waals surface area contributed by atoms with Crippen molar-refractivity contribution in [2.24, 2.45) is 0 Å². The molecular formula is C16H12N4O4. The topological polar surface area (TPSA) is 99.4 Å². The number of aromatic nitrogens is 2. The molecule has 0 aliphatic carbocycles. The maximum atomic E-state index is 10.8. The van der Waals surface area contributed by atoms with Gasteiger partial charge in [0.2, 0.25) is 5.95 Å². The molecule has 3 aromatic rings. The van der Waals surface area contributed by atoms with Crippen LogP contribution in [0.5, 0.6) is 5.75 Å². The smallest absolute Gasteiger partial charge is 0.270 e. The molecule has 0 saturated heterocycles. The predicted octanol–water partition coefficient (Wildman–Crippen LogP) is 2.97. The van der Waals surface area contributed by atoms with Crippen LogP contribution < -0.4 is 10.2 Å². The summed E-state index contributed by atoms with van der Waals surface area (Å²) in [6, 6.07) is 10.3. The van der Waals surface area contributed by atoms with Crippen molar-refractivity contribution in [2.45, 2.75) is 13.2 Å². The number of anilines is 1. The van der Waals surface area contributed by atoms with Crippen molar-refractivity contribution < 1.29 is 14.7 Å². The number of benzene rings is 2. The molecule has 0 amide bonds. The van der Waals surface area contributed by atoms with Crippen LogP contribution in [0, 0.1) is 10.1 Å². The molecule has 1 aliphatic rings. The summed E-state index contributed by atoms with van der Waals surface area (Å²) in [7, 11) is 0. The van der Waals surface area contributed by atoms with Gasteiger partial charge in [0.15, 0.2) is 5.75 Å². The molecule has 8 heteroatoms. The van der Waals surface area contributed by atoms with Crippen molar-refractivity contribution in [1.29, 1.82) is 0 Å². The summed E-state index contributed by atoms with van der Waals surface area (Å²) in [5.74, 6) is 1.18. The van der Waals surface area contributed by atoms with Crippen LogP contribution in [-0.4, -0.2) is 14.9 Å². The number of nitrogens with zero attached hydrogens (tertiary/aromatic N) is 3. The molecular weight excluding hydrogens is 312 g/mol. The Kier molecular flexibility index (Phi) is 3.43. The molecule has 8 nitrogen and oxygen atoms in total. The minimum absolute atomic E-state index is 0.0205. The lowest BCUT2D eigenvalue weighted by Gasteiger charge is -2.06. The van der Waals surface area contributed by atoms with Crippen LogP contribution in [0.25, 0.3) is 10.9 Å². The second-order valence-electron chi connectivity index (χ2n) is 5.33. The molecule has 0 bridgehead atoms. The number of nitro benzene ring substituents is 1. The molecule has 24 heavy (non-hydrogen) atoms. The quantitative estimate of drug-likeness (QED) is 0.447. The number of rotatable bonds is 4. The molecule has 4 rings (SSSR count). The monoisotopic (exact) mass is 324 g/mol. The Labute approximate surface area is 136 Å². The van der Waals surface area contributed by atoms with Crippen LogP contribution >= 0.6 is 0 Å². The SMILES string of the molecule is O=[N+]([O-])c1ccc2nc(NCc3ccc4c(c3)OOC4)ncc2c1. The molecule has 1 aromatic heterocycles. The van der Waals surface area contributed by atoms with E-state index in [9.17, 15) is 10.1 Å². The summed E-state index contributed by atoms with van der Waals surface area (Å²) in [6.45, 7) is 0.984. The lowest BCUT2D eigenvalue weighted by atomic mass is 10.1. The van der Waals surface area contributed by atoms with E-state index in [-0.39, 0.29) is 5.69 Å². The van der Waals surface area contributed by atoms with Gasteiger partial charge in [0.05, 0.1) is 10.4 Å². The average Bonchev–Trinajstić information content (AvgIpc) is 3.07. The zero-order valence-electron chi connectivity index (χ0n) is 12.4. The number of fused-ring (bicyclic) bond motifs is 2. The zero-order valence-corrected chi connectivity index (χ0v) is 12.4. The van der Waals surface area contributed by atoms with Crippen molar-refractivity contribution in [2.75, 3.05) is 5.32 Å². The zero-order chi connectivity index (χ0) is 16.5. The van der Waals surface area contributed by atoms with E-state index in [1.807, 2.05) is 18.2 Å². The average molecular weight is 324 g/mol. The third-order valence-electron chi connectivity index (χ3n) is 3.72. The maximum absolute atomic E-state index is 10.8. The van der Waals surface area contributed by atoms with Crippen LogP contribution in [0.1, 0.15) is 11.1 Å². The fraction of sp³-hybridized carbons (Fsp3) is 0.125. The Hall–Kier alpha value is -3.26. The number of nitro groups is 1. The van der Waals surface area contributed by atoms with Gasteiger partial charge in [-0.25, -0.2) is 9.97 Å². The van der Waals surface area contributed by atoms with E-state index in [4.69, 9.17) is 9.78 Å². The third kappa shape index (κ3) is 2.70. The fourth-order valence-corrected chi connectivity index (χ4v) is 2.46. The largest absolute Gasteiger partial charge is 0.350 e. The van der Waals surface area contributed by atoms with Crippen LogP contribution in [0.15, 0.2) is 42.6 Å². The van der Waals surface area contributed by atoms with Gasteiger partial charge < -0.3 is 10.2 Å². The molecule has 0 spiro atoms. The number of hydrogen-bond donors (Lipinski definition) is 1. The maximum Gasteiger partial charge on any atom is 0.270 e. The van der Waals surface area contributed by atoms with E-state index in [1.54, 1.807) is 12.3 Å². The number of non-ortho nitro benzene ring substituents is 1. The highest BCUT2D eigenvalue weighted by molar-refractivity contribution is 5.81. The first-order valence-electron chi connectivity index (χ1n) is 7.25. The Morgan fingerprint density at radius 3 is 3.04 bits per heavy atom. The first kappa shape index (κ1) is 14.3. The van der Waals surface area contributed by atoms with E-state index in [0.29, 0.717) is 30.0 Å². The van der Waals surface area contributed by atoms with Gasteiger partial charge in [0.25, 0.3) is 5.69 Å². The van der Waals surface area contributed by atoms with E-state index in [2.05, 4.69) is 15.3 Å². The van der Waals surface area contributed by atoms with Crippen LogP contribution in [0.2, 0.25) is 0 Å². The molecule has 0 atom stereocenters. The molecule has 0 fully saturated rings. The molecule has 0 unspecified atom stereocenters. The normalized spacial score (nSPS) is 12.7. The Balaban J connectivity index is 1.52. The lowest BCUT2D eigenvalue weighted by molar-refractivity contribution is -0.384. The minimum atomic E-state index is -0.439. The fourth-order valence-electron chi connectivity index (χ4n) is 2.46. The van der Waals surface area contributed by atoms with Crippen LogP contribution in [0.3, 0.4) is 0 Å². The van der Waals surface area contributed by atoms with Gasteiger partial charge in [-0.1, -0.05) is 12.1 Å². The Morgan fingerprint density at radius 2 is 2.17 bits per heavy atom. The van der Waals surface area contributed by atoms with E-state index < -0.39 is 4.92 Å². The standard InChI is InChI=1S/C16H12N4O4/c21-20(22)13-3-4-14-12(6-13)8-18-16(19-14)17-7-10-1-2-11-9-23-24-15(11)5-10/h1-6,8H,7,9H2,(H,17,18,19). The van der Waals surface area contributed by atoms with Crippen LogP contribution in [-0.2, 0) is 18.0 Å². The second kappa shape index (κ2) is 5.74. The summed E-state index contributed by atoms with van der Waals surface area (Å²) < 4.78 is 0. The molecule has 2 heterocycles. The van der Waals surface area contributed by atoms with Gasteiger partial charge in [-0.2, -0.15) is 4.89 Å². The highest BCUT2D eigenvalue weighted by atomic mass is 17.2. The van der Waals surface area contributed by atoms with E-state index in [0.717, 1.165) is 16.9 Å². The van der Waals surface area contributed by atoms with Gasteiger partial charge in [-0.3, -0.25) is 10.1 Å². The van der Waals surface area contributed by atoms with Gasteiger partial charge in [0.1, 0.15) is 6.61 Å². The van der Waals surface area contributed by atoms with Crippen molar-refractivity contribution in [3.05, 3.63) is 63.8 Å². The third-order valence-corrected chi connectivity index (χ3v) is 3.72. The predicted molar refractivity (Wildman–Crippen MR) is 85.4 cm³/mol. The summed E-state index contributed by atoms with van der Waals surface area (Å²) in [6.07, 6.45) is 1.57. The molecule has 120 valence electrons. The second-order valence-corrected chi connectivity index (χ2v) is 5.33. The van der Waals surface area contributed by atoms with Gasteiger partial charge >= 0.3 is 0 Å². The van der Waals surface area contributed by atoms with Gasteiger partial charge in [-0.05, 0) is 17.7 Å². The number of nitrogens with one attached hydrogen (secondary N) is 1. The van der Waals surface area contributed by atoms with Gasteiger partial charge in [0, 0.05) is 35.8 Å². The molecule has 0 radical (unpaired) electrons. The summed E-state index contributed by atoms with van der Waals surface area (Å²) >= 11 is 0. The van der Waals surface area contributed by atoms with Gasteiger partial charge in [-0.15, -0.1) is 0 Å². The van der Waals surface area contributed by atoms with E-state index >= 15 is 0 Å². The minimum Gasteiger partial charge on any atom is -0.350 e. The molecule has 1 N–H and O–H groups in total. The van der Waals surface area contributed by atoms with Crippen LogP contribution in [0.4, 0.5) is 11.6 Å². The molecule has 1 aliphatic heterocycles. The first-order chi connectivity index (χ1) is 11.7. The summed E-state index contributed by atoms with van der Waals surface area (Å²) in [4.78, 5) is 28.9. The van der Waals surface area contributed by atoms with Crippen molar-refractivity contribution in [3.63, 3.8) is 0 Å². The highest BCUT2D eigenvalue weighted by Gasteiger charge is 2.14. The highest BCUT2D eigenvalue weighted by Crippen LogP contribution is 2.27. The van der Waals surface area contributed by atoms with Crippen molar-refractivity contribution >= 4 is 22.5 Å². The number of hydrogen-bond acceptors (Lipinski definition) is 7. The lowest BCUT2D eigenvalue weighted by Crippen LogP contribution is -2.03. The van der Waals surface area contributed by atoms with E-state index in [1.165, 1.54) is 12.1 Å². The Bertz CT molecular complexity index is 945. The first-order valence-corrected chi connectivity index (χ1v) is 7.25.